The average Bonchev–Trinajstić information content (AvgIpc) is 2.34. The van der Waals surface area contributed by atoms with E-state index in [9.17, 15) is 0 Å². The lowest BCUT2D eigenvalue weighted by molar-refractivity contribution is -0.00176. The van der Waals surface area contributed by atoms with Crippen molar-refractivity contribution in [3.63, 3.8) is 0 Å². The predicted octanol–water partition coefficient (Wildman–Crippen LogP) is 2.41. The first-order valence-electron chi connectivity index (χ1n) is 7.16. The van der Waals surface area contributed by atoms with Crippen LogP contribution >= 0.6 is 0 Å². The number of hydrogen-bond acceptors (Lipinski definition) is 4. The number of ether oxygens (including phenoxy) is 1. The molecule has 0 saturated carbocycles. The van der Waals surface area contributed by atoms with Gasteiger partial charge in [0.05, 0.1) is 12.7 Å². The SMILES string of the molecule is C=CCN(CC1COCCC[Si](C)(OC)O1)C(C)C. The summed E-state index contributed by atoms with van der Waals surface area (Å²) in [5.41, 5.74) is 0. The molecule has 0 aliphatic carbocycles. The van der Waals surface area contributed by atoms with Gasteiger partial charge in [-0.1, -0.05) is 6.08 Å². The largest absolute Gasteiger partial charge is 0.398 e. The number of hydrogen-bond donors (Lipinski definition) is 0. The van der Waals surface area contributed by atoms with E-state index in [1.54, 1.807) is 7.11 Å². The van der Waals surface area contributed by atoms with E-state index in [0.717, 1.165) is 32.2 Å². The number of rotatable bonds is 6. The van der Waals surface area contributed by atoms with Crippen LogP contribution in [0.2, 0.25) is 12.6 Å². The minimum absolute atomic E-state index is 0.0965. The van der Waals surface area contributed by atoms with Crippen LogP contribution in [0, 0.1) is 0 Å². The maximum atomic E-state index is 6.27. The van der Waals surface area contributed by atoms with Crippen molar-refractivity contribution in [1.82, 2.24) is 4.90 Å². The van der Waals surface area contributed by atoms with Gasteiger partial charge < -0.3 is 13.6 Å². The number of nitrogens with zero attached hydrogens (tertiary/aromatic N) is 1. The van der Waals surface area contributed by atoms with Crippen molar-refractivity contribution in [3.8, 4) is 0 Å². The van der Waals surface area contributed by atoms with Gasteiger partial charge in [0.15, 0.2) is 0 Å². The lowest BCUT2D eigenvalue weighted by Gasteiger charge is -2.36. The van der Waals surface area contributed by atoms with Crippen molar-refractivity contribution in [2.24, 2.45) is 0 Å². The summed E-state index contributed by atoms with van der Waals surface area (Å²) in [5, 5.41) is 0. The van der Waals surface area contributed by atoms with Gasteiger partial charge in [-0.15, -0.1) is 6.58 Å². The van der Waals surface area contributed by atoms with Gasteiger partial charge in [-0.3, -0.25) is 4.90 Å². The Morgan fingerprint density at radius 2 is 2.26 bits per heavy atom. The van der Waals surface area contributed by atoms with Gasteiger partial charge >= 0.3 is 8.56 Å². The fraction of sp³-hybridized carbons (Fsp3) is 0.857. The summed E-state index contributed by atoms with van der Waals surface area (Å²) in [6.07, 6.45) is 3.07. The van der Waals surface area contributed by atoms with Crippen molar-refractivity contribution in [3.05, 3.63) is 12.7 Å². The molecule has 0 aromatic carbocycles. The Hall–Kier alpha value is -0.203. The lowest BCUT2D eigenvalue weighted by Crippen LogP contribution is -2.49. The van der Waals surface area contributed by atoms with Crippen LogP contribution in [0.4, 0.5) is 0 Å². The molecule has 0 amide bonds. The van der Waals surface area contributed by atoms with Crippen molar-refractivity contribution < 1.29 is 13.6 Å². The standard InChI is InChI=1S/C14H29NO3Si/c1-6-8-15(13(2)3)11-14-12-17-9-7-10-19(5,16-4)18-14/h6,13-14H,1,7-12H2,2-5H3. The van der Waals surface area contributed by atoms with Crippen LogP contribution in [0.1, 0.15) is 20.3 Å². The molecule has 1 heterocycles. The van der Waals surface area contributed by atoms with E-state index < -0.39 is 8.56 Å². The Balaban J connectivity index is 2.63. The first-order chi connectivity index (χ1) is 9.00. The molecule has 0 radical (unpaired) electrons. The van der Waals surface area contributed by atoms with Crippen LogP contribution in [-0.4, -0.2) is 59.0 Å². The zero-order chi connectivity index (χ0) is 14.3. The van der Waals surface area contributed by atoms with Crippen LogP contribution in [0.5, 0.6) is 0 Å². The van der Waals surface area contributed by atoms with Crippen LogP contribution in [0.3, 0.4) is 0 Å². The maximum Gasteiger partial charge on any atom is 0.335 e. The molecule has 1 aliphatic heterocycles. The molecule has 112 valence electrons. The van der Waals surface area contributed by atoms with E-state index in [2.05, 4.69) is 31.9 Å². The molecule has 19 heavy (non-hydrogen) atoms. The third-order valence-corrected chi connectivity index (χ3v) is 6.56. The molecule has 2 unspecified atom stereocenters. The second kappa shape index (κ2) is 8.17. The van der Waals surface area contributed by atoms with Gasteiger partial charge in [-0.05, 0) is 32.9 Å². The zero-order valence-corrected chi connectivity index (χ0v) is 13.9. The minimum atomic E-state index is -2.01. The van der Waals surface area contributed by atoms with E-state index in [1.165, 1.54) is 0 Å². The Labute approximate surface area is 119 Å². The molecule has 5 heteroatoms. The van der Waals surface area contributed by atoms with Crippen molar-refractivity contribution >= 4 is 8.56 Å². The van der Waals surface area contributed by atoms with E-state index in [-0.39, 0.29) is 6.10 Å². The third-order valence-electron chi connectivity index (χ3n) is 3.60. The topological polar surface area (TPSA) is 30.9 Å². The quantitative estimate of drug-likeness (QED) is 0.554. The van der Waals surface area contributed by atoms with E-state index in [1.807, 2.05) is 6.08 Å². The molecule has 0 spiro atoms. The molecule has 1 aliphatic rings. The molecule has 0 N–H and O–H groups in total. The van der Waals surface area contributed by atoms with Gasteiger partial charge in [0, 0.05) is 32.8 Å². The second-order valence-corrected chi connectivity index (χ2v) is 9.00. The molecule has 1 saturated heterocycles. The van der Waals surface area contributed by atoms with Gasteiger partial charge in [0.1, 0.15) is 0 Å². The smallest absolute Gasteiger partial charge is 0.335 e. The molecule has 0 aromatic heterocycles. The molecule has 0 aromatic rings. The van der Waals surface area contributed by atoms with Crippen molar-refractivity contribution in [2.75, 3.05) is 33.4 Å². The molecular formula is C14H29NO3Si. The molecule has 0 bridgehead atoms. The Morgan fingerprint density at radius 3 is 2.84 bits per heavy atom. The lowest BCUT2D eigenvalue weighted by atomic mass is 10.2. The molecular weight excluding hydrogens is 258 g/mol. The Morgan fingerprint density at radius 1 is 1.53 bits per heavy atom. The van der Waals surface area contributed by atoms with Crippen LogP contribution < -0.4 is 0 Å². The maximum absolute atomic E-state index is 6.27. The first kappa shape index (κ1) is 16.9. The molecule has 2 atom stereocenters. The van der Waals surface area contributed by atoms with Crippen molar-refractivity contribution in [2.45, 2.75) is 45.0 Å². The molecule has 1 fully saturated rings. The van der Waals surface area contributed by atoms with Crippen LogP contribution in [-0.2, 0) is 13.6 Å². The highest BCUT2D eigenvalue weighted by molar-refractivity contribution is 6.66. The second-order valence-electron chi connectivity index (χ2n) is 5.59. The Kier molecular flexibility index (Phi) is 7.24. The summed E-state index contributed by atoms with van der Waals surface area (Å²) in [7, 11) is -0.240. The average molecular weight is 287 g/mol. The molecule has 4 nitrogen and oxygen atoms in total. The van der Waals surface area contributed by atoms with E-state index in [4.69, 9.17) is 13.6 Å². The summed E-state index contributed by atoms with van der Waals surface area (Å²) in [6.45, 7) is 13.6. The first-order valence-corrected chi connectivity index (χ1v) is 9.69. The zero-order valence-electron chi connectivity index (χ0n) is 12.9. The minimum Gasteiger partial charge on any atom is -0.398 e. The van der Waals surface area contributed by atoms with Gasteiger partial charge in [0.25, 0.3) is 0 Å². The van der Waals surface area contributed by atoms with E-state index >= 15 is 0 Å². The highest BCUT2D eigenvalue weighted by Gasteiger charge is 2.35. The highest BCUT2D eigenvalue weighted by atomic mass is 28.4. The Bertz CT molecular complexity index is 275. The van der Waals surface area contributed by atoms with E-state index in [0.29, 0.717) is 12.6 Å². The fourth-order valence-electron chi connectivity index (χ4n) is 2.32. The molecule has 1 rings (SSSR count). The normalized spacial score (nSPS) is 29.3. The summed E-state index contributed by atoms with van der Waals surface area (Å²) in [6, 6.07) is 1.48. The van der Waals surface area contributed by atoms with Crippen molar-refractivity contribution in [1.29, 1.82) is 0 Å². The summed E-state index contributed by atoms with van der Waals surface area (Å²) < 4.78 is 17.6. The predicted molar refractivity (Wildman–Crippen MR) is 80.6 cm³/mol. The summed E-state index contributed by atoms with van der Waals surface area (Å²) >= 11 is 0. The monoisotopic (exact) mass is 287 g/mol. The van der Waals surface area contributed by atoms with Crippen LogP contribution in [0.15, 0.2) is 12.7 Å². The third kappa shape index (κ3) is 5.75. The summed E-state index contributed by atoms with van der Waals surface area (Å²) in [4.78, 5) is 2.35. The van der Waals surface area contributed by atoms with Gasteiger partial charge in [-0.2, -0.15) is 0 Å². The highest BCUT2D eigenvalue weighted by Crippen LogP contribution is 2.20. The van der Waals surface area contributed by atoms with Gasteiger partial charge in [0.2, 0.25) is 0 Å². The summed E-state index contributed by atoms with van der Waals surface area (Å²) in [5.74, 6) is 0. The fourth-order valence-corrected chi connectivity index (χ4v) is 4.37. The van der Waals surface area contributed by atoms with Gasteiger partial charge in [-0.25, -0.2) is 0 Å². The van der Waals surface area contributed by atoms with Crippen LogP contribution in [0.25, 0.3) is 0 Å².